The van der Waals surface area contributed by atoms with Gasteiger partial charge in [-0.25, -0.2) is 14.8 Å². The topological polar surface area (TPSA) is 148 Å². The van der Waals surface area contributed by atoms with Crippen molar-refractivity contribution in [2.45, 2.75) is 161 Å². The lowest BCUT2D eigenvalue weighted by Crippen LogP contribution is -2.53. The van der Waals surface area contributed by atoms with E-state index in [-0.39, 0.29) is 53.9 Å². The summed E-state index contributed by atoms with van der Waals surface area (Å²) in [5.74, 6) is 2.86. The van der Waals surface area contributed by atoms with Gasteiger partial charge in [-0.3, -0.25) is 9.59 Å². The maximum atomic E-state index is 14.5. The highest BCUT2D eigenvalue weighted by Gasteiger charge is 2.49. The summed E-state index contributed by atoms with van der Waals surface area (Å²) < 4.78 is 4.93. The molecule has 2 aromatic heterocycles. The van der Waals surface area contributed by atoms with E-state index in [1.165, 1.54) is 71.7 Å². The summed E-state index contributed by atoms with van der Waals surface area (Å²) in [4.78, 5) is 63.2. The number of rotatable bonds is 14. The van der Waals surface area contributed by atoms with E-state index in [4.69, 9.17) is 14.7 Å². The first-order valence-electron chi connectivity index (χ1n) is 27.2. The molecule has 6 aromatic rings. The van der Waals surface area contributed by atoms with E-state index in [1.54, 1.807) is 0 Å². The summed E-state index contributed by atoms with van der Waals surface area (Å²) in [6, 6.07) is 26.2. The van der Waals surface area contributed by atoms with Crippen LogP contribution in [0.15, 0.2) is 72.8 Å². The van der Waals surface area contributed by atoms with Gasteiger partial charge in [0, 0.05) is 12.1 Å². The van der Waals surface area contributed by atoms with Crippen molar-refractivity contribution < 1.29 is 19.1 Å². The monoisotopic (exact) mass is 973 g/mol. The molecule has 2 saturated heterocycles. The number of hydrogen-bond donors (Lipinski definition) is 4. The van der Waals surface area contributed by atoms with Crippen LogP contribution in [-0.4, -0.2) is 86.0 Å². The number of imidazole rings is 2. The van der Waals surface area contributed by atoms with Crippen molar-refractivity contribution >= 4 is 40.0 Å². The molecule has 380 valence electrons. The number of carbonyl (C=O) groups is 3. The number of likely N-dealkylation sites (tertiary alicyclic amines) is 2. The molecule has 2 saturated carbocycles. The highest BCUT2D eigenvalue weighted by Crippen LogP contribution is 2.48. The zero-order valence-electron chi connectivity index (χ0n) is 43.8. The standard InChI is InChI=1S/C60H76N8O4/c1-9-38-22-19-37(29-45(38)41-25-27-47-49(31-41)65-56(62-47)52-32-42-14-10-12-16-50(42)67(52)58(69)54(61-7)34(2)3)20-23-39-21-18-36(6)28-44(39)40-24-26-46-48(30-40)64-57(63-46)53-33-43-15-11-13-17-51(43)68(53)59(70)55(35(4)5)66-60(71)72-8/h18-19,21-22,24-31,34-35,42-43,50-55,61H,9-17,20,23,32-33H2,1-8H3,(H,62,65)(H,63,64)(H,66,71)/t42?,43?,50-,51-,52?,53?,54?,55?/m0/s1. The molecule has 10 rings (SSSR count). The summed E-state index contributed by atoms with van der Waals surface area (Å²) in [6.07, 6.45) is 12.9. The Morgan fingerprint density at radius 3 is 1.72 bits per heavy atom. The first-order chi connectivity index (χ1) is 34.8. The Kier molecular flexibility index (Phi) is 14.3. The van der Waals surface area contributed by atoms with E-state index in [9.17, 15) is 14.4 Å². The maximum absolute atomic E-state index is 14.5. The van der Waals surface area contributed by atoms with Gasteiger partial charge in [0.1, 0.15) is 17.7 Å². The fraction of sp³-hybridized carbons (Fsp3) is 0.517. The second kappa shape index (κ2) is 20.8. The van der Waals surface area contributed by atoms with E-state index >= 15 is 0 Å². The average molecular weight is 973 g/mol. The Bertz CT molecular complexity index is 2950. The van der Waals surface area contributed by atoms with Gasteiger partial charge >= 0.3 is 6.09 Å². The van der Waals surface area contributed by atoms with Crippen LogP contribution in [0.3, 0.4) is 0 Å². The molecule has 72 heavy (non-hydrogen) atoms. The number of amides is 3. The molecule has 4 aliphatic rings. The van der Waals surface area contributed by atoms with Crippen LogP contribution in [0, 0.1) is 30.6 Å². The third-order valence-electron chi connectivity index (χ3n) is 17.1. The van der Waals surface area contributed by atoms with E-state index < -0.39 is 12.1 Å². The van der Waals surface area contributed by atoms with E-state index in [0.717, 1.165) is 97.1 Å². The Morgan fingerprint density at radius 2 is 1.19 bits per heavy atom. The molecule has 4 N–H and O–H groups in total. The third-order valence-corrected chi connectivity index (χ3v) is 17.1. The van der Waals surface area contributed by atoms with Crippen molar-refractivity contribution in [2.75, 3.05) is 14.2 Å². The number of aromatic nitrogens is 4. The van der Waals surface area contributed by atoms with Crippen LogP contribution >= 0.6 is 0 Å². The zero-order valence-corrected chi connectivity index (χ0v) is 43.8. The van der Waals surface area contributed by atoms with Gasteiger partial charge in [0.15, 0.2) is 0 Å². The number of aromatic amines is 2. The number of H-pyrrole nitrogens is 2. The molecule has 12 nitrogen and oxygen atoms in total. The first kappa shape index (κ1) is 49.6. The number of aryl methyl sites for hydroxylation is 4. The Hall–Kier alpha value is -6.01. The lowest BCUT2D eigenvalue weighted by atomic mass is 9.84. The van der Waals surface area contributed by atoms with Crippen molar-refractivity contribution in [3.8, 4) is 22.3 Å². The molecular weight excluding hydrogens is 897 g/mol. The Labute approximate surface area is 425 Å². The molecule has 12 heteroatoms. The number of likely N-dealkylation sites (N-methyl/N-ethyl adjacent to an activating group) is 1. The number of fused-ring (bicyclic) bond motifs is 4. The third kappa shape index (κ3) is 9.56. The number of benzene rings is 4. The summed E-state index contributed by atoms with van der Waals surface area (Å²) in [7, 11) is 3.24. The van der Waals surface area contributed by atoms with Crippen LogP contribution in [-0.2, 0) is 33.6 Å². The minimum absolute atomic E-state index is 0.0532. The molecule has 0 spiro atoms. The van der Waals surface area contributed by atoms with Crippen LogP contribution in [0.2, 0.25) is 0 Å². The molecule has 4 heterocycles. The Balaban J connectivity index is 0.896. The van der Waals surface area contributed by atoms with Gasteiger partial charge in [-0.2, -0.15) is 0 Å². The quantitative estimate of drug-likeness (QED) is 0.0849. The van der Waals surface area contributed by atoms with Crippen LogP contribution in [0.5, 0.6) is 0 Å². The van der Waals surface area contributed by atoms with E-state index in [2.05, 4.69) is 131 Å². The fourth-order valence-corrected chi connectivity index (χ4v) is 13.3. The highest BCUT2D eigenvalue weighted by molar-refractivity contribution is 5.88. The summed E-state index contributed by atoms with van der Waals surface area (Å²) in [6.45, 7) is 12.6. The SMILES string of the molecule is CCc1ccc(CCc2ccc(C)cc2-c2ccc3nc(C4CC5CCCC[C@@H]5N4C(=O)C(NC(=O)OC)C(C)C)[nH]c3c2)cc1-c1ccc2nc(C3CC4CCCC[C@@H]4N3C(=O)C(NC)C(C)C)[nH]c2c1. The van der Waals surface area contributed by atoms with Gasteiger partial charge in [-0.1, -0.05) is 114 Å². The van der Waals surface area contributed by atoms with Crippen molar-refractivity contribution in [3.63, 3.8) is 0 Å². The van der Waals surface area contributed by atoms with Crippen molar-refractivity contribution in [2.24, 2.45) is 23.7 Å². The maximum Gasteiger partial charge on any atom is 0.407 e. The van der Waals surface area contributed by atoms with Crippen molar-refractivity contribution in [1.29, 1.82) is 0 Å². The number of nitrogens with one attached hydrogen (secondary N) is 4. The van der Waals surface area contributed by atoms with Crippen molar-refractivity contribution in [3.05, 3.63) is 107 Å². The number of nitrogens with zero attached hydrogens (tertiary/aromatic N) is 4. The van der Waals surface area contributed by atoms with Crippen LogP contribution in [0.25, 0.3) is 44.3 Å². The largest absolute Gasteiger partial charge is 0.453 e. The number of methoxy groups -OCH3 is 1. The number of hydrogen-bond acceptors (Lipinski definition) is 7. The molecule has 4 aromatic carbocycles. The van der Waals surface area contributed by atoms with Crippen molar-refractivity contribution in [1.82, 2.24) is 40.4 Å². The van der Waals surface area contributed by atoms with E-state index in [0.29, 0.717) is 11.8 Å². The molecule has 0 radical (unpaired) electrons. The number of alkyl carbamates (subject to hydrolysis) is 1. The van der Waals surface area contributed by atoms with Gasteiger partial charge in [0.05, 0.1) is 47.3 Å². The van der Waals surface area contributed by atoms with Gasteiger partial charge in [-0.15, -0.1) is 0 Å². The Morgan fingerprint density at radius 1 is 0.667 bits per heavy atom. The molecule has 2 aliphatic carbocycles. The predicted octanol–water partition coefficient (Wildman–Crippen LogP) is 11.7. The predicted molar refractivity (Wildman–Crippen MR) is 286 cm³/mol. The summed E-state index contributed by atoms with van der Waals surface area (Å²) >= 11 is 0. The lowest BCUT2D eigenvalue weighted by Gasteiger charge is -2.36. The minimum Gasteiger partial charge on any atom is -0.453 e. The lowest BCUT2D eigenvalue weighted by molar-refractivity contribution is -0.139. The van der Waals surface area contributed by atoms with Crippen LogP contribution in [0.4, 0.5) is 4.79 Å². The molecule has 6 unspecified atom stereocenters. The second-order valence-electron chi connectivity index (χ2n) is 22.3. The molecule has 8 atom stereocenters. The van der Waals surface area contributed by atoms with Gasteiger partial charge in [-0.05, 0) is 159 Å². The van der Waals surface area contributed by atoms with Gasteiger partial charge in [0.25, 0.3) is 0 Å². The van der Waals surface area contributed by atoms with Gasteiger partial charge < -0.3 is 35.1 Å². The fourth-order valence-electron chi connectivity index (χ4n) is 13.3. The summed E-state index contributed by atoms with van der Waals surface area (Å²) in [5.41, 5.74) is 13.6. The number of ether oxygens (including phenoxy) is 1. The smallest absolute Gasteiger partial charge is 0.407 e. The van der Waals surface area contributed by atoms with Gasteiger partial charge in [0.2, 0.25) is 11.8 Å². The molecule has 2 aliphatic heterocycles. The first-order valence-corrected chi connectivity index (χ1v) is 27.2. The van der Waals surface area contributed by atoms with E-state index in [1.807, 2.05) is 20.9 Å². The normalized spacial score (nSPS) is 22.9. The molecule has 3 amide bonds. The highest BCUT2D eigenvalue weighted by atomic mass is 16.5. The zero-order chi connectivity index (χ0) is 50.4. The second-order valence-corrected chi connectivity index (χ2v) is 22.3. The van der Waals surface area contributed by atoms with Crippen LogP contribution in [0.1, 0.15) is 145 Å². The van der Waals surface area contributed by atoms with Crippen LogP contribution < -0.4 is 10.6 Å². The number of carbonyl (C=O) groups excluding carboxylic acids is 3. The molecule has 4 fully saturated rings. The molecule has 0 bridgehead atoms. The summed E-state index contributed by atoms with van der Waals surface area (Å²) in [5, 5.41) is 6.17. The minimum atomic E-state index is -0.688. The average Bonchev–Trinajstić information content (AvgIpc) is 4.19. The molecular formula is C60H76N8O4.